The molecule has 0 amide bonds. The third kappa shape index (κ3) is 7.35. The normalized spacial score (nSPS) is 12.5. The Bertz CT molecular complexity index is 216. The molecule has 0 unspecified atom stereocenters. The van der Waals surface area contributed by atoms with Gasteiger partial charge in [-0.1, -0.05) is 0 Å². The van der Waals surface area contributed by atoms with E-state index in [1.54, 1.807) is 7.11 Å². The van der Waals surface area contributed by atoms with Crippen LogP contribution in [0.1, 0.15) is 40.5 Å². The van der Waals surface area contributed by atoms with Gasteiger partial charge in [0.15, 0.2) is 0 Å². The molecular weight excluding hydrogens is 188 g/mol. The van der Waals surface area contributed by atoms with Gasteiger partial charge in [0.2, 0.25) is 0 Å². The van der Waals surface area contributed by atoms with Crippen molar-refractivity contribution in [1.82, 2.24) is 5.32 Å². The molecular formula is C12H24N2O. The highest BCUT2D eigenvalue weighted by Gasteiger charge is 2.18. The Morgan fingerprint density at radius 3 is 2.33 bits per heavy atom. The van der Waals surface area contributed by atoms with Crippen LogP contribution in [0.3, 0.4) is 0 Å². The smallest absolute Gasteiger partial charge is 0.0683 e. The van der Waals surface area contributed by atoms with Crippen molar-refractivity contribution in [1.29, 1.82) is 5.26 Å². The minimum Gasteiger partial charge on any atom is -0.383 e. The topological polar surface area (TPSA) is 45.0 Å². The number of hydrogen-bond donors (Lipinski definition) is 1. The molecule has 0 aliphatic rings. The van der Waals surface area contributed by atoms with Crippen LogP contribution in [0, 0.1) is 16.7 Å². The van der Waals surface area contributed by atoms with E-state index in [0.717, 1.165) is 19.4 Å². The number of methoxy groups -OCH3 is 1. The summed E-state index contributed by atoms with van der Waals surface area (Å²) < 4.78 is 5.11. The molecule has 0 rings (SSSR count). The minimum atomic E-state index is -0.201. The SMILES string of the molecule is COCC(C)(C)NCCCC(C)(C)C#N. The van der Waals surface area contributed by atoms with E-state index in [0.29, 0.717) is 6.61 Å². The maximum Gasteiger partial charge on any atom is 0.0683 e. The number of ether oxygens (including phenoxy) is 1. The van der Waals surface area contributed by atoms with E-state index in [1.165, 1.54) is 0 Å². The molecule has 0 saturated heterocycles. The highest BCUT2D eigenvalue weighted by Crippen LogP contribution is 2.20. The molecule has 0 saturated carbocycles. The van der Waals surface area contributed by atoms with Crippen molar-refractivity contribution >= 4 is 0 Å². The lowest BCUT2D eigenvalue weighted by molar-refractivity contribution is 0.128. The first-order valence-electron chi connectivity index (χ1n) is 5.48. The van der Waals surface area contributed by atoms with E-state index in [2.05, 4.69) is 25.2 Å². The number of hydrogen-bond acceptors (Lipinski definition) is 3. The summed E-state index contributed by atoms with van der Waals surface area (Å²) in [7, 11) is 1.71. The maximum absolute atomic E-state index is 8.85. The minimum absolute atomic E-state index is 0.0194. The van der Waals surface area contributed by atoms with Gasteiger partial charge in [-0.2, -0.15) is 5.26 Å². The van der Waals surface area contributed by atoms with E-state index < -0.39 is 0 Å². The second kappa shape index (κ2) is 6.09. The van der Waals surface area contributed by atoms with Crippen molar-refractivity contribution in [3.63, 3.8) is 0 Å². The Kier molecular flexibility index (Phi) is 5.85. The zero-order valence-corrected chi connectivity index (χ0v) is 10.7. The van der Waals surface area contributed by atoms with Crippen molar-refractivity contribution in [2.45, 2.75) is 46.1 Å². The zero-order valence-electron chi connectivity index (χ0n) is 10.7. The summed E-state index contributed by atoms with van der Waals surface area (Å²) in [6, 6.07) is 2.31. The Balaban J connectivity index is 3.68. The zero-order chi connectivity index (χ0) is 11.9. The van der Waals surface area contributed by atoms with Gasteiger partial charge in [-0.25, -0.2) is 0 Å². The fraction of sp³-hybridized carbons (Fsp3) is 0.917. The lowest BCUT2D eigenvalue weighted by Gasteiger charge is -2.26. The Hall–Kier alpha value is -0.590. The van der Waals surface area contributed by atoms with Crippen LogP contribution in [0.25, 0.3) is 0 Å². The van der Waals surface area contributed by atoms with Gasteiger partial charge in [0.05, 0.1) is 18.1 Å². The quantitative estimate of drug-likeness (QED) is 0.659. The van der Waals surface area contributed by atoms with Crippen molar-refractivity contribution in [3.05, 3.63) is 0 Å². The molecule has 15 heavy (non-hydrogen) atoms. The van der Waals surface area contributed by atoms with Crippen LogP contribution >= 0.6 is 0 Å². The van der Waals surface area contributed by atoms with Crippen molar-refractivity contribution in [3.8, 4) is 6.07 Å². The molecule has 1 N–H and O–H groups in total. The largest absolute Gasteiger partial charge is 0.383 e. The molecule has 0 aliphatic heterocycles. The molecule has 0 bridgehead atoms. The van der Waals surface area contributed by atoms with Gasteiger partial charge in [0, 0.05) is 12.6 Å². The van der Waals surface area contributed by atoms with E-state index in [-0.39, 0.29) is 11.0 Å². The maximum atomic E-state index is 8.85. The third-order valence-electron chi connectivity index (χ3n) is 2.39. The molecule has 88 valence electrons. The Morgan fingerprint density at radius 1 is 1.27 bits per heavy atom. The molecule has 0 aromatic rings. The molecule has 0 aromatic carbocycles. The van der Waals surface area contributed by atoms with E-state index in [1.807, 2.05) is 13.8 Å². The van der Waals surface area contributed by atoms with Crippen LogP contribution in [0.5, 0.6) is 0 Å². The Labute approximate surface area is 93.8 Å². The second-order valence-electron chi connectivity index (χ2n) is 5.34. The first kappa shape index (κ1) is 14.4. The lowest BCUT2D eigenvalue weighted by atomic mass is 9.90. The predicted octanol–water partition coefficient (Wildman–Crippen LogP) is 2.33. The molecule has 0 fully saturated rings. The summed E-state index contributed by atoms with van der Waals surface area (Å²) in [5.41, 5.74) is -0.182. The van der Waals surface area contributed by atoms with Crippen LogP contribution in [-0.4, -0.2) is 25.8 Å². The Morgan fingerprint density at radius 2 is 1.87 bits per heavy atom. The van der Waals surface area contributed by atoms with Crippen LogP contribution in [0.4, 0.5) is 0 Å². The first-order valence-corrected chi connectivity index (χ1v) is 5.48. The van der Waals surface area contributed by atoms with Gasteiger partial charge in [-0.3, -0.25) is 0 Å². The van der Waals surface area contributed by atoms with Gasteiger partial charge in [-0.05, 0) is 47.1 Å². The van der Waals surface area contributed by atoms with Crippen molar-refractivity contribution < 1.29 is 4.74 Å². The summed E-state index contributed by atoms with van der Waals surface area (Å²) in [6.45, 7) is 9.83. The number of nitriles is 1. The number of nitrogens with one attached hydrogen (secondary N) is 1. The monoisotopic (exact) mass is 212 g/mol. The average Bonchev–Trinajstić information content (AvgIpc) is 2.13. The average molecular weight is 212 g/mol. The summed E-state index contributed by atoms with van der Waals surface area (Å²) >= 11 is 0. The molecule has 0 atom stereocenters. The van der Waals surface area contributed by atoms with Crippen LogP contribution in [0.15, 0.2) is 0 Å². The number of nitrogens with zero attached hydrogens (tertiary/aromatic N) is 1. The van der Waals surface area contributed by atoms with Crippen molar-refractivity contribution in [2.24, 2.45) is 5.41 Å². The molecule has 0 heterocycles. The lowest BCUT2D eigenvalue weighted by Crippen LogP contribution is -2.43. The van der Waals surface area contributed by atoms with Crippen LogP contribution < -0.4 is 5.32 Å². The molecule has 3 heteroatoms. The second-order valence-corrected chi connectivity index (χ2v) is 5.34. The van der Waals surface area contributed by atoms with E-state index in [9.17, 15) is 0 Å². The van der Waals surface area contributed by atoms with Crippen LogP contribution in [-0.2, 0) is 4.74 Å². The standard InChI is InChI=1S/C12H24N2O/c1-11(2,9-13)7-6-8-14-12(3,4)10-15-5/h14H,6-8,10H2,1-5H3. The molecule has 0 radical (unpaired) electrons. The van der Waals surface area contributed by atoms with Crippen LogP contribution in [0.2, 0.25) is 0 Å². The highest BCUT2D eigenvalue weighted by molar-refractivity contribution is 4.91. The predicted molar refractivity (Wildman–Crippen MR) is 62.6 cm³/mol. The van der Waals surface area contributed by atoms with Gasteiger partial charge < -0.3 is 10.1 Å². The third-order valence-corrected chi connectivity index (χ3v) is 2.39. The summed E-state index contributed by atoms with van der Waals surface area (Å²) in [4.78, 5) is 0. The molecule has 0 aliphatic carbocycles. The summed E-state index contributed by atoms with van der Waals surface area (Å²) in [5, 5.41) is 12.3. The first-order chi connectivity index (χ1) is 6.83. The fourth-order valence-electron chi connectivity index (χ4n) is 1.42. The number of rotatable bonds is 7. The molecule has 3 nitrogen and oxygen atoms in total. The molecule has 0 spiro atoms. The fourth-order valence-corrected chi connectivity index (χ4v) is 1.42. The van der Waals surface area contributed by atoms with E-state index >= 15 is 0 Å². The van der Waals surface area contributed by atoms with Gasteiger partial charge >= 0.3 is 0 Å². The summed E-state index contributed by atoms with van der Waals surface area (Å²) in [5.74, 6) is 0. The van der Waals surface area contributed by atoms with Gasteiger partial charge in [0.1, 0.15) is 0 Å². The highest BCUT2D eigenvalue weighted by atomic mass is 16.5. The molecule has 0 aromatic heterocycles. The van der Waals surface area contributed by atoms with E-state index in [4.69, 9.17) is 10.00 Å². The van der Waals surface area contributed by atoms with Gasteiger partial charge in [0.25, 0.3) is 0 Å². The summed E-state index contributed by atoms with van der Waals surface area (Å²) in [6.07, 6.45) is 1.95. The van der Waals surface area contributed by atoms with Gasteiger partial charge in [-0.15, -0.1) is 0 Å². The van der Waals surface area contributed by atoms with Crippen molar-refractivity contribution in [2.75, 3.05) is 20.3 Å².